The smallest absolute Gasteiger partial charge is 0.191 e. The summed E-state index contributed by atoms with van der Waals surface area (Å²) in [5.74, 6) is 1.63. The van der Waals surface area contributed by atoms with Crippen molar-refractivity contribution in [3.05, 3.63) is 59.1 Å². The van der Waals surface area contributed by atoms with E-state index < -0.39 is 6.10 Å². The Kier molecular flexibility index (Phi) is 8.88. The molecule has 9 heteroatoms. The van der Waals surface area contributed by atoms with Crippen LogP contribution in [0, 0.1) is 0 Å². The number of thiophene rings is 1. The second kappa shape index (κ2) is 11.6. The van der Waals surface area contributed by atoms with Gasteiger partial charge >= 0.3 is 0 Å². The number of hydrogen-bond donors (Lipinski definition) is 3. The van der Waals surface area contributed by atoms with E-state index in [0.717, 1.165) is 47.9 Å². The number of aliphatic hydroxyl groups is 1. The lowest BCUT2D eigenvalue weighted by Gasteiger charge is -2.29. The first-order valence-corrected chi connectivity index (χ1v) is 10.9. The maximum atomic E-state index is 10.6. The fraction of sp³-hybridized carbons (Fsp3) is 0.364. The predicted molar refractivity (Wildman–Crippen MR) is 138 cm³/mol. The zero-order chi connectivity index (χ0) is 20.8. The quantitative estimate of drug-likeness (QED) is 0.247. The van der Waals surface area contributed by atoms with Crippen LogP contribution in [0.15, 0.2) is 53.7 Å². The SMILES string of the molecule is CN=C(NCc1cccnc1N1CCOCC1)NCC(O)c1cc2ccccc2s1.I. The molecule has 1 unspecified atom stereocenters. The molecule has 0 aliphatic carbocycles. The van der Waals surface area contributed by atoms with Gasteiger partial charge in [-0.1, -0.05) is 24.3 Å². The lowest BCUT2D eigenvalue weighted by Crippen LogP contribution is -2.40. The highest BCUT2D eigenvalue weighted by atomic mass is 127. The summed E-state index contributed by atoms with van der Waals surface area (Å²) in [6.45, 7) is 4.12. The average molecular weight is 553 g/mol. The van der Waals surface area contributed by atoms with E-state index in [0.29, 0.717) is 19.0 Å². The van der Waals surface area contributed by atoms with E-state index in [1.165, 1.54) is 4.70 Å². The fourth-order valence-electron chi connectivity index (χ4n) is 3.49. The summed E-state index contributed by atoms with van der Waals surface area (Å²) in [5.41, 5.74) is 1.10. The molecule has 0 radical (unpaired) electrons. The molecule has 1 aromatic carbocycles. The Hall–Kier alpha value is -1.95. The number of morpholine rings is 1. The molecule has 166 valence electrons. The van der Waals surface area contributed by atoms with Crippen LogP contribution >= 0.6 is 35.3 Å². The van der Waals surface area contributed by atoms with Crippen molar-refractivity contribution in [3.63, 3.8) is 0 Å². The lowest BCUT2D eigenvalue weighted by molar-refractivity contribution is 0.122. The largest absolute Gasteiger partial charge is 0.386 e. The maximum Gasteiger partial charge on any atom is 0.191 e. The van der Waals surface area contributed by atoms with Crippen LogP contribution < -0.4 is 15.5 Å². The Labute approximate surface area is 203 Å². The van der Waals surface area contributed by atoms with Gasteiger partial charge in [-0.05, 0) is 23.6 Å². The fourth-order valence-corrected chi connectivity index (χ4v) is 4.54. The number of aromatic nitrogens is 1. The highest BCUT2D eigenvalue weighted by molar-refractivity contribution is 14.0. The van der Waals surface area contributed by atoms with Crippen LogP contribution in [0.25, 0.3) is 10.1 Å². The molecule has 1 aliphatic rings. The molecule has 1 aliphatic heterocycles. The molecule has 0 spiro atoms. The van der Waals surface area contributed by atoms with Crippen molar-refractivity contribution in [2.24, 2.45) is 4.99 Å². The second-order valence-electron chi connectivity index (χ2n) is 7.09. The van der Waals surface area contributed by atoms with Gasteiger partial charge in [0.15, 0.2) is 5.96 Å². The highest BCUT2D eigenvalue weighted by Crippen LogP contribution is 2.29. The Morgan fingerprint density at radius 1 is 1.23 bits per heavy atom. The Bertz CT molecular complexity index is 973. The predicted octanol–water partition coefficient (Wildman–Crippen LogP) is 3.15. The van der Waals surface area contributed by atoms with Gasteiger partial charge in [0.05, 0.1) is 13.2 Å². The van der Waals surface area contributed by atoms with Gasteiger partial charge in [0.1, 0.15) is 11.9 Å². The van der Waals surface area contributed by atoms with E-state index in [-0.39, 0.29) is 24.0 Å². The molecule has 1 saturated heterocycles. The summed E-state index contributed by atoms with van der Waals surface area (Å²) >= 11 is 1.62. The molecular formula is C22H28IN5O2S. The molecule has 1 atom stereocenters. The van der Waals surface area contributed by atoms with Gasteiger partial charge in [-0.25, -0.2) is 4.98 Å². The van der Waals surface area contributed by atoms with Gasteiger partial charge in [0.25, 0.3) is 0 Å². The summed E-state index contributed by atoms with van der Waals surface area (Å²) in [6, 6.07) is 14.2. The van der Waals surface area contributed by atoms with E-state index in [9.17, 15) is 5.11 Å². The normalized spacial score (nSPS) is 15.4. The molecule has 2 aromatic heterocycles. The van der Waals surface area contributed by atoms with Gasteiger partial charge in [-0.3, -0.25) is 4.99 Å². The third kappa shape index (κ3) is 6.06. The van der Waals surface area contributed by atoms with Crippen LogP contribution in [0.1, 0.15) is 16.5 Å². The van der Waals surface area contributed by atoms with E-state index in [2.05, 4.69) is 43.7 Å². The van der Waals surface area contributed by atoms with Crippen LogP contribution in [0.4, 0.5) is 5.82 Å². The van der Waals surface area contributed by atoms with E-state index in [1.807, 2.05) is 30.5 Å². The summed E-state index contributed by atoms with van der Waals surface area (Å²) in [7, 11) is 1.73. The number of pyridine rings is 1. The summed E-state index contributed by atoms with van der Waals surface area (Å²) in [6.07, 6.45) is 1.23. The minimum Gasteiger partial charge on any atom is -0.386 e. The van der Waals surface area contributed by atoms with Gasteiger partial charge in [0, 0.05) is 54.6 Å². The molecule has 0 saturated carbocycles. The Morgan fingerprint density at radius 3 is 2.81 bits per heavy atom. The summed E-state index contributed by atoms with van der Waals surface area (Å²) < 4.78 is 6.63. The van der Waals surface area contributed by atoms with Crippen molar-refractivity contribution < 1.29 is 9.84 Å². The number of benzene rings is 1. The molecule has 3 aromatic rings. The first-order valence-electron chi connectivity index (χ1n) is 10.1. The number of rotatable bonds is 6. The molecule has 7 nitrogen and oxygen atoms in total. The number of anilines is 1. The van der Waals surface area contributed by atoms with Gasteiger partial charge in [0.2, 0.25) is 0 Å². The van der Waals surface area contributed by atoms with Crippen molar-refractivity contribution in [3.8, 4) is 0 Å². The van der Waals surface area contributed by atoms with Crippen molar-refractivity contribution in [1.82, 2.24) is 15.6 Å². The molecular weight excluding hydrogens is 525 g/mol. The average Bonchev–Trinajstić information content (AvgIpc) is 3.24. The molecule has 4 rings (SSSR count). The van der Waals surface area contributed by atoms with E-state index in [1.54, 1.807) is 18.4 Å². The number of nitrogens with zero attached hydrogens (tertiary/aromatic N) is 3. The minimum atomic E-state index is -0.594. The molecule has 0 bridgehead atoms. The van der Waals surface area contributed by atoms with Gasteiger partial charge < -0.3 is 25.4 Å². The van der Waals surface area contributed by atoms with Crippen molar-refractivity contribution in [1.29, 1.82) is 0 Å². The maximum absolute atomic E-state index is 10.6. The number of aliphatic hydroxyl groups excluding tert-OH is 1. The van der Waals surface area contributed by atoms with Crippen molar-refractivity contribution in [2.45, 2.75) is 12.6 Å². The Balaban J connectivity index is 0.00000272. The monoisotopic (exact) mass is 553 g/mol. The number of halogens is 1. The first-order chi connectivity index (χ1) is 14.7. The van der Waals surface area contributed by atoms with Crippen LogP contribution in [0.5, 0.6) is 0 Å². The Morgan fingerprint density at radius 2 is 2.03 bits per heavy atom. The van der Waals surface area contributed by atoms with E-state index >= 15 is 0 Å². The third-order valence-electron chi connectivity index (χ3n) is 5.08. The zero-order valence-corrected chi connectivity index (χ0v) is 20.6. The molecule has 1 fully saturated rings. The second-order valence-corrected chi connectivity index (χ2v) is 8.21. The molecule has 0 amide bonds. The number of ether oxygens (including phenoxy) is 1. The van der Waals surface area contributed by atoms with Gasteiger partial charge in [-0.2, -0.15) is 0 Å². The summed E-state index contributed by atoms with van der Waals surface area (Å²) in [4.78, 5) is 12.1. The molecule has 31 heavy (non-hydrogen) atoms. The van der Waals surface area contributed by atoms with E-state index in [4.69, 9.17) is 4.74 Å². The number of guanidine groups is 1. The highest BCUT2D eigenvalue weighted by Gasteiger charge is 2.16. The number of fused-ring (bicyclic) bond motifs is 1. The standard InChI is InChI=1S/C22H27N5O2S.HI/c1-23-22(26-15-18(28)20-13-16-5-2-3-7-19(16)30-20)25-14-17-6-4-8-24-21(17)27-9-11-29-12-10-27;/h2-8,13,18,28H,9-12,14-15H2,1H3,(H2,23,25,26);1H. The van der Waals surface area contributed by atoms with Crippen molar-refractivity contribution in [2.75, 3.05) is 44.8 Å². The number of hydrogen-bond acceptors (Lipinski definition) is 6. The van der Waals surface area contributed by atoms with Crippen LogP contribution in [-0.4, -0.2) is 55.9 Å². The van der Waals surface area contributed by atoms with Crippen molar-refractivity contribution >= 4 is 57.2 Å². The lowest BCUT2D eigenvalue weighted by atomic mass is 10.2. The first kappa shape index (κ1) is 23.7. The third-order valence-corrected chi connectivity index (χ3v) is 6.30. The molecule has 3 N–H and O–H groups in total. The van der Waals surface area contributed by atoms with Crippen LogP contribution in [0.2, 0.25) is 0 Å². The topological polar surface area (TPSA) is 82.0 Å². The zero-order valence-electron chi connectivity index (χ0n) is 17.5. The summed E-state index contributed by atoms with van der Waals surface area (Å²) in [5, 5.41) is 18.3. The number of aliphatic imine (C=N–C) groups is 1. The molecule has 3 heterocycles. The van der Waals surface area contributed by atoms with Crippen LogP contribution in [-0.2, 0) is 11.3 Å². The minimum absolute atomic E-state index is 0. The van der Waals surface area contributed by atoms with Gasteiger partial charge in [-0.15, -0.1) is 35.3 Å². The number of nitrogens with one attached hydrogen (secondary N) is 2. The van der Waals surface area contributed by atoms with Crippen LogP contribution in [0.3, 0.4) is 0 Å².